The molecule has 4 nitrogen and oxygen atoms in total. The van der Waals surface area contributed by atoms with Crippen LogP contribution in [0.15, 0.2) is 18.3 Å². The zero-order chi connectivity index (χ0) is 13.8. The van der Waals surface area contributed by atoms with Crippen molar-refractivity contribution in [2.75, 3.05) is 31.7 Å². The summed E-state index contributed by atoms with van der Waals surface area (Å²) in [5.74, 6) is 0.927. The molecule has 0 aliphatic rings. The lowest BCUT2D eigenvalue weighted by molar-refractivity contribution is 0.0398. The predicted molar refractivity (Wildman–Crippen MR) is 78.4 cm³/mol. The second kappa shape index (κ2) is 10.8. The first kappa shape index (κ1) is 15.9. The Labute approximate surface area is 116 Å². The van der Waals surface area contributed by atoms with Crippen LogP contribution in [0.3, 0.4) is 0 Å². The minimum absolute atomic E-state index is 0.580. The van der Waals surface area contributed by atoms with Crippen molar-refractivity contribution >= 4 is 5.82 Å². The molecule has 0 bridgehead atoms. The van der Waals surface area contributed by atoms with E-state index < -0.39 is 0 Å². The number of hydrogen-bond acceptors (Lipinski definition) is 4. The summed E-state index contributed by atoms with van der Waals surface area (Å²) in [6, 6.07) is 3.98. The molecule has 0 saturated carbocycles. The highest BCUT2D eigenvalue weighted by atomic mass is 16.5. The largest absolute Gasteiger partial charge is 0.379 e. The molecular weight excluding hydrogens is 240 g/mol. The normalized spacial score (nSPS) is 10.6. The molecule has 0 spiro atoms. The van der Waals surface area contributed by atoms with E-state index >= 15 is 0 Å². The quantitative estimate of drug-likeness (QED) is 0.624. The molecule has 4 heteroatoms. The maximum atomic E-state index is 5.62. The third-order valence-electron chi connectivity index (χ3n) is 2.71. The van der Waals surface area contributed by atoms with Crippen molar-refractivity contribution in [1.82, 2.24) is 4.98 Å². The number of ether oxygens (including phenoxy) is 2. The minimum atomic E-state index is 0.580. The Hall–Kier alpha value is -1.13. The van der Waals surface area contributed by atoms with Gasteiger partial charge in [0.05, 0.1) is 19.8 Å². The highest BCUT2D eigenvalue weighted by Crippen LogP contribution is 2.12. The van der Waals surface area contributed by atoms with E-state index in [4.69, 9.17) is 9.47 Å². The zero-order valence-corrected chi connectivity index (χ0v) is 12.2. The van der Waals surface area contributed by atoms with Gasteiger partial charge in [-0.1, -0.05) is 26.3 Å². The molecule has 0 unspecified atom stereocenters. The molecule has 0 aromatic carbocycles. The summed E-state index contributed by atoms with van der Waals surface area (Å²) in [6.07, 6.45) is 5.17. The average molecular weight is 266 g/mol. The Balaban J connectivity index is 2.21. The molecular formula is C15H26N2O2. The van der Waals surface area contributed by atoms with Gasteiger partial charge < -0.3 is 14.8 Å². The molecule has 1 heterocycles. The fourth-order valence-corrected chi connectivity index (χ4v) is 1.61. The predicted octanol–water partition coefficient (Wildman–Crippen LogP) is 3.24. The molecule has 0 aliphatic heterocycles. The highest BCUT2D eigenvalue weighted by molar-refractivity contribution is 5.43. The van der Waals surface area contributed by atoms with E-state index in [-0.39, 0.29) is 0 Å². The van der Waals surface area contributed by atoms with Crippen molar-refractivity contribution < 1.29 is 9.47 Å². The van der Waals surface area contributed by atoms with Crippen molar-refractivity contribution in [2.24, 2.45) is 0 Å². The monoisotopic (exact) mass is 266 g/mol. The number of nitrogens with zero attached hydrogens (tertiary/aromatic N) is 1. The van der Waals surface area contributed by atoms with Gasteiger partial charge in [-0.25, -0.2) is 4.98 Å². The van der Waals surface area contributed by atoms with Gasteiger partial charge in [0.2, 0.25) is 0 Å². The standard InChI is InChI=1S/C15H26N2O2/c1-3-5-10-18-11-12-19-13-14-7-6-9-17-15(14)16-8-4-2/h6-7,9H,3-5,8,10-13H2,1-2H3,(H,16,17). The Bertz CT molecular complexity index is 332. The molecule has 0 fully saturated rings. The first-order chi connectivity index (χ1) is 9.38. The summed E-state index contributed by atoms with van der Waals surface area (Å²) >= 11 is 0. The van der Waals surface area contributed by atoms with Gasteiger partial charge in [0.1, 0.15) is 5.82 Å². The first-order valence-corrected chi connectivity index (χ1v) is 7.21. The molecule has 0 amide bonds. The zero-order valence-electron chi connectivity index (χ0n) is 12.2. The van der Waals surface area contributed by atoms with Crippen LogP contribution in [0.2, 0.25) is 0 Å². The van der Waals surface area contributed by atoms with E-state index in [9.17, 15) is 0 Å². The number of nitrogens with one attached hydrogen (secondary N) is 1. The van der Waals surface area contributed by atoms with E-state index in [1.165, 1.54) is 6.42 Å². The fraction of sp³-hybridized carbons (Fsp3) is 0.667. The van der Waals surface area contributed by atoms with Crippen molar-refractivity contribution in [1.29, 1.82) is 0 Å². The number of unbranched alkanes of at least 4 members (excludes halogenated alkanes) is 1. The Kier molecular flexibility index (Phi) is 9.02. The SMILES string of the molecule is CCCCOCCOCc1cccnc1NCCC. The smallest absolute Gasteiger partial charge is 0.131 e. The van der Waals surface area contributed by atoms with Crippen LogP contribution < -0.4 is 5.32 Å². The number of rotatable bonds is 11. The van der Waals surface area contributed by atoms with Crippen molar-refractivity contribution in [3.05, 3.63) is 23.9 Å². The van der Waals surface area contributed by atoms with Crippen LogP contribution in [-0.4, -0.2) is 31.3 Å². The number of aromatic nitrogens is 1. The van der Waals surface area contributed by atoms with Crippen LogP contribution in [0.25, 0.3) is 0 Å². The molecule has 19 heavy (non-hydrogen) atoms. The van der Waals surface area contributed by atoms with Gasteiger partial charge in [-0.05, 0) is 18.9 Å². The summed E-state index contributed by atoms with van der Waals surface area (Å²) in [5, 5.41) is 3.31. The van der Waals surface area contributed by atoms with E-state index in [0.717, 1.165) is 37.4 Å². The van der Waals surface area contributed by atoms with Gasteiger partial charge in [0.15, 0.2) is 0 Å². The van der Waals surface area contributed by atoms with Crippen molar-refractivity contribution in [2.45, 2.75) is 39.7 Å². The van der Waals surface area contributed by atoms with Crippen molar-refractivity contribution in [3.8, 4) is 0 Å². The molecule has 108 valence electrons. The third-order valence-corrected chi connectivity index (χ3v) is 2.71. The van der Waals surface area contributed by atoms with Gasteiger partial charge in [-0.3, -0.25) is 0 Å². The number of hydrogen-bond donors (Lipinski definition) is 1. The average Bonchev–Trinajstić information content (AvgIpc) is 2.45. The van der Waals surface area contributed by atoms with Crippen LogP contribution in [0, 0.1) is 0 Å². The second-order valence-corrected chi connectivity index (χ2v) is 4.46. The molecule has 1 N–H and O–H groups in total. The van der Waals surface area contributed by atoms with E-state index in [0.29, 0.717) is 19.8 Å². The maximum Gasteiger partial charge on any atom is 0.131 e. The first-order valence-electron chi connectivity index (χ1n) is 7.21. The van der Waals surface area contributed by atoms with Gasteiger partial charge in [0.25, 0.3) is 0 Å². The number of pyridine rings is 1. The molecule has 1 aromatic heterocycles. The van der Waals surface area contributed by atoms with E-state index in [1.54, 1.807) is 6.20 Å². The third kappa shape index (κ3) is 7.13. The molecule has 0 aliphatic carbocycles. The molecule has 0 saturated heterocycles. The Morgan fingerprint density at radius 1 is 1.11 bits per heavy atom. The fourth-order valence-electron chi connectivity index (χ4n) is 1.61. The maximum absolute atomic E-state index is 5.62. The van der Waals surface area contributed by atoms with Crippen LogP contribution in [0.1, 0.15) is 38.7 Å². The highest BCUT2D eigenvalue weighted by Gasteiger charge is 2.02. The second-order valence-electron chi connectivity index (χ2n) is 4.46. The van der Waals surface area contributed by atoms with Gasteiger partial charge >= 0.3 is 0 Å². The van der Waals surface area contributed by atoms with Crippen LogP contribution in [-0.2, 0) is 16.1 Å². The number of anilines is 1. The van der Waals surface area contributed by atoms with Crippen LogP contribution in [0.4, 0.5) is 5.82 Å². The lowest BCUT2D eigenvalue weighted by Crippen LogP contribution is -2.08. The Morgan fingerprint density at radius 2 is 1.95 bits per heavy atom. The molecule has 1 aromatic rings. The summed E-state index contributed by atoms with van der Waals surface area (Å²) in [7, 11) is 0. The summed E-state index contributed by atoms with van der Waals surface area (Å²) < 4.78 is 11.1. The molecule has 0 radical (unpaired) electrons. The van der Waals surface area contributed by atoms with E-state index in [1.807, 2.05) is 12.1 Å². The summed E-state index contributed by atoms with van der Waals surface area (Å²) in [6.45, 7) is 7.94. The minimum Gasteiger partial charge on any atom is -0.379 e. The van der Waals surface area contributed by atoms with Gasteiger partial charge in [-0.2, -0.15) is 0 Å². The molecule has 0 atom stereocenters. The van der Waals surface area contributed by atoms with Crippen LogP contribution in [0.5, 0.6) is 0 Å². The molecule has 1 rings (SSSR count). The van der Waals surface area contributed by atoms with Gasteiger partial charge in [-0.15, -0.1) is 0 Å². The lowest BCUT2D eigenvalue weighted by Gasteiger charge is -2.10. The van der Waals surface area contributed by atoms with Crippen molar-refractivity contribution in [3.63, 3.8) is 0 Å². The topological polar surface area (TPSA) is 43.4 Å². The van der Waals surface area contributed by atoms with Gasteiger partial charge in [0, 0.05) is 24.9 Å². The summed E-state index contributed by atoms with van der Waals surface area (Å²) in [5.41, 5.74) is 1.10. The summed E-state index contributed by atoms with van der Waals surface area (Å²) in [4.78, 5) is 4.33. The lowest BCUT2D eigenvalue weighted by atomic mass is 10.2. The van der Waals surface area contributed by atoms with E-state index in [2.05, 4.69) is 24.1 Å². The van der Waals surface area contributed by atoms with Crippen LogP contribution >= 0.6 is 0 Å². The Morgan fingerprint density at radius 3 is 2.74 bits per heavy atom.